The summed E-state index contributed by atoms with van der Waals surface area (Å²) in [7, 11) is -3.31. The van der Waals surface area contributed by atoms with Gasteiger partial charge in [-0.15, -0.1) is 0 Å². The first-order valence-corrected chi connectivity index (χ1v) is 9.98. The van der Waals surface area contributed by atoms with Gasteiger partial charge in [0.05, 0.1) is 11.8 Å². The molecular formula is C16H22N4O3S. The Hall–Kier alpha value is -1.93. The van der Waals surface area contributed by atoms with Gasteiger partial charge in [-0.3, -0.25) is 9.89 Å². The van der Waals surface area contributed by atoms with E-state index in [1.807, 2.05) is 24.3 Å². The lowest BCUT2D eigenvalue weighted by atomic mass is 9.99. The summed E-state index contributed by atoms with van der Waals surface area (Å²) in [5.74, 6) is -0.0368. The van der Waals surface area contributed by atoms with Crippen molar-refractivity contribution in [2.75, 3.05) is 19.3 Å². The summed E-state index contributed by atoms with van der Waals surface area (Å²) in [6, 6.07) is 7.24. The van der Waals surface area contributed by atoms with Crippen LogP contribution in [0.15, 0.2) is 24.3 Å². The maximum Gasteiger partial charge on any atom is 0.275 e. The predicted molar refractivity (Wildman–Crippen MR) is 92.2 cm³/mol. The molecule has 8 heteroatoms. The quantitative estimate of drug-likeness (QED) is 0.851. The van der Waals surface area contributed by atoms with Gasteiger partial charge in [0.25, 0.3) is 5.91 Å². The second kappa shape index (κ2) is 6.52. The fourth-order valence-electron chi connectivity index (χ4n) is 3.39. The van der Waals surface area contributed by atoms with E-state index >= 15 is 0 Å². The maximum absolute atomic E-state index is 12.8. The van der Waals surface area contributed by atoms with Crippen LogP contribution >= 0.6 is 0 Å². The molecule has 2 heterocycles. The number of carbonyl (C=O) groups excluding carboxylic acids is 1. The molecule has 2 aromatic rings. The first-order valence-electron chi connectivity index (χ1n) is 8.08. The van der Waals surface area contributed by atoms with Gasteiger partial charge in [-0.1, -0.05) is 31.5 Å². The van der Waals surface area contributed by atoms with E-state index in [9.17, 15) is 13.2 Å². The zero-order chi connectivity index (χ0) is 17.3. The molecule has 2 unspecified atom stereocenters. The molecule has 0 bridgehead atoms. The van der Waals surface area contributed by atoms with E-state index in [0.29, 0.717) is 18.8 Å². The molecule has 1 aliphatic heterocycles. The summed E-state index contributed by atoms with van der Waals surface area (Å²) in [6.45, 7) is 2.97. The van der Waals surface area contributed by atoms with Crippen molar-refractivity contribution in [2.45, 2.75) is 25.8 Å². The summed E-state index contributed by atoms with van der Waals surface area (Å²) in [4.78, 5) is 14.5. The second-order valence-corrected chi connectivity index (χ2v) is 8.15. The van der Waals surface area contributed by atoms with Gasteiger partial charge in [0.1, 0.15) is 0 Å². The number of H-pyrrole nitrogens is 1. The van der Waals surface area contributed by atoms with Gasteiger partial charge in [0, 0.05) is 24.5 Å². The highest BCUT2D eigenvalue weighted by Gasteiger charge is 2.37. The Kier molecular flexibility index (Phi) is 4.60. The average molecular weight is 350 g/mol. The van der Waals surface area contributed by atoms with E-state index in [4.69, 9.17) is 0 Å². The van der Waals surface area contributed by atoms with Crippen molar-refractivity contribution < 1.29 is 13.2 Å². The highest BCUT2D eigenvalue weighted by atomic mass is 32.2. The molecule has 130 valence electrons. The maximum atomic E-state index is 12.8. The number of aromatic amines is 1. The minimum atomic E-state index is -3.31. The van der Waals surface area contributed by atoms with Crippen molar-refractivity contribution in [2.24, 2.45) is 5.92 Å². The lowest BCUT2D eigenvalue weighted by Crippen LogP contribution is -2.40. The lowest BCUT2D eigenvalue weighted by molar-refractivity contribution is 0.0781. The number of para-hydroxylation sites is 1. The fourth-order valence-corrected chi connectivity index (χ4v) is 4.20. The molecular weight excluding hydrogens is 328 g/mol. The number of fused-ring (bicyclic) bond motifs is 1. The Labute approximate surface area is 141 Å². The van der Waals surface area contributed by atoms with E-state index in [1.165, 1.54) is 0 Å². The van der Waals surface area contributed by atoms with Crippen LogP contribution in [-0.2, 0) is 10.0 Å². The molecule has 2 N–H and O–H groups in total. The van der Waals surface area contributed by atoms with Crippen LogP contribution in [0.5, 0.6) is 0 Å². The van der Waals surface area contributed by atoms with Gasteiger partial charge in [0.15, 0.2) is 5.69 Å². The standard InChI is InChI=1S/C16H22N4O3S/c1-3-6-11-9-20(10-14(11)19-24(2,22)23)16(21)15-12-7-4-5-8-13(12)17-18-15/h4-5,7-8,11,14,19H,3,6,9-10H2,1-2H3,(H,17,18). The summed E-state index contributed by atoms with van der Waals surface area (Å²) >= 11 is 0. The fraction of sp³-hybridized carbons (Fsp3) is 0.500. The Morgan fingerprint density at radius 1 is 1.38 bits per heavy atom. The number of sulfonamides is 1. The van der Waals surface area contributed by atoms with Crippen LogP contribution < -0.4 is 4.72 Å². The molecule has 1 aromatic heterocycles. The van der Waals surface area contributed by atoms with Crippen LogP contribution in [-0.4, -0.2) is 54.8 Å². The molecule has 3 rings (SSSR count). The number of hydrogen-bond donors (Lipinski definition) is 2. The minimum absolute atomic E-state index is 0.124. The van der Waals surface area contributed by atoms with Crippen molar-refractivity contribution in [1.29, 1.82) is 0 Å². The van der Waals surface area contributed by atoms with Crippen LogP contribution in [0.1, 0.15) is 30.3 Å². The Morgan fingerprint density at radius 2 is 2.12 bits per heavy atom. The number of aromatic nitrogens is 2. The molecule has 1 aromatic carbocycles. The summed E-state index contributed by atoms with van der Waals surface area (Å²) < 4.78 is 25.8. The summed E-state index contributed by atoms with van der Waals surface area (Å²) in [6.07, 6.45) is 2.97. The highest BCUT2D eigenvalue weighted by Crippen LogP contribution is 2.25. The topological polar surface area (TPSA) is 95.2 Å². The monoisotopic (exact) mass is 350 g/mol. The zero-order valence-corrected chi connectivity index (χ0v) is 14.6. The summed E-state index contributed by atoms with van der Waals surface area (Å²) in [5, 5.41) is 7.81. The largest absolute Gasteiger partial charge is 0.335 e. The average Bonchev–Trinajstić information content (AvgIpc) is 3.10. The van der Waals surface area contributed by atoms with Crippen LogP contribution in [0.25, 0.3) is 10.9 Å². The van der Waals surface area contributed by atoms with Crippen LogP contribution in [0.4, 0.5) is 0 Å². The number of likely N-dealkylation sites (tertiary alicyclic amines) is 1. The van der Waals surface area contributed by atoms with Gasteiger partial charge in [-0.2, -0.15) is 5.10 Å². The number of rotatable bonds is 5. The van der Waals surface area contributed by atoms with E-state index in [2.05, 4.69) is 21.8 Å². The van der Waals surface area contributed by atoms with E-state index in [0.717, 1.165) is 30.0 Å². The van der Waals surface area contributed by atoms with Crippen molar-refractivity contribution in [3.63, 3.8) is 0 Å². The second-order valence-electron chi connectivity index (χ2n) is 6.37. The van der Waals surface area contributed by atoms with Crippen molar-refractivity contribution in [3.8, 4) is 0 Å². The van der Waals surface area contributed by atoms with E-state index < -0.39 is 10.0 Å². The van der Waals surface area contributed by atoms with E-state index in [1.54, 1.807) is 4.90 Å². The third-order valence-corrected chi connectivity index (χ3v) is 5.16. The number of hydrogen-bond acceptors (Lipinski definition) is 4. The van der Waals surface area contributed by atoms with Crippen molar-refractivity contribution >= 4 is 26.8 Å². The smallest absolute Gasteiger partial charge is 0.275 e. The number of benzene rings is 1. The molecule has 2 atom stereocenters. The molecule has 0 spiro atoms. The minimum Gasteiger partial charge on any atom is -0.335 e. The van der Waals surface area contributed by atoms with Crippen LogP contribution in [0.2, 0.25) is 0 Å². The number of nitrogens with one attached hydrogen (secondary N) is 2. The number of carbonyl (C=O) groups is 1. The SMILES string of the molecule is CCCC1CN(C(=O)c2n[nH]c3ccccc23)CC1NS(C)(=O)=O. The third-order valence-electron chi connectivity index (χ3n) is 4.43. The van der Waals surface area contributed by atoms with Crippen molar-refractivity contribution in [3.05, 3.63) is 30.0 Å². The molecule has 0 radical (unpaired) electrons. The first kappa shape index (κ1) is 16.9. The normalized spacial score (nSPS) is 21.5. The molecule has 1 saturated heterocycles. The molecule has 7 nitrogen and oxygen atoms in total. The van der Waals surface area contributed by atoms with Crippen molar-refractivity contribution in [1.82, 2.24) is 19.8 Å². The first-order chi connectivity index (χ1) is 11.4. The Bertz CT molecular complexity index is 846. The molecule has 0 saturated carbocycles. The number of nitrogens with zero attached hydrogens (tertiary/aromatic N) is 2. The van der Waals surface area contributed by atoms with Gasteiger partial charge in [0.2, 0.25) is 10.0 Å². The molecule has 0 aliphatic carbocycles. The highest BCUT2D eigenvalue weighted by molar-refractivity contribution is 7.88. The predicted octanol–water partition coefficient (Wildman–Crippen LogP) is 1.35. The third kappa shape index (κ3) is 3.44. The Balaban J connectivity index is 1.83. The van der Waals surface area contributed by atoms with Gasteiger partial charge in [-0.25, -0.2) is 13.1 Å². The zero-order valence-electron chi connectivity index (χ0n) is 13.8. The lowest BCUT2D eigenvalue weighted by Gasteiger charge is -2.17. The molecule has 1 amide bonds. The van der Waals surface area contributed by atoms with E-state index in [-0.39, 0.29) is 17.9 Å². The van der Waals surface area contributed by atoms with Gasteiger partial charge in [-0.05, 0) is 18.4 Å². The molecule has 1 fully saturated rings. The molecule has 1 aliphatic rings. The van der Waals surface area contributed by atoms with Crippen LogP contribution in [0, 0.1) is 5.92 Å². The van der Waals surface area contributed by atoms with Gasteiger partial charge < -0.3 is 4.90 Å². The van der Waals surface area contributed by atoms with Gasteiger partial charge >= 0.3 is 0 Å². The summed E-state index contributed by atoms with van der Waals surface area (Å²) in [5.41, 5.74) is 1.21. The Morgan fingerprint density at radius 3 is 2.83 bits per heavy atom. The van der Waals surface area contributed by atoms with Crippen LogP contribution in [0.3, 0.4) is 0 Å². The number of amides is 1. The molecule has 24 heavy (non-hydrogen) atoms.